The molecule has 6 nitrogen and oxygen atoms in total. The Balaban J connectivity index is 1.80. The highest BCUT2D eigenvalue weighted by atomic mass is 35.5. The number of nitrogens with two attached hydrogens (primary N) is 1. The van der Waals surface area contributed by atoms with Crippen molar-refractivity contribution in [3.8, 4) is 0 Å². The predicted octanol–water partition coefficient (Wildman–Crippen LogP) is 0.770. The summed E-state index contributed by atoms with van der Waals surface area (Å²) in [6, 6.07) is 6.65. The minimum Gasteiger partial charge on any atom is -0.339 e. The molecule has 120 valence electrons. The highest BCUT2D eigenvalue weighted by Crippen LogP contribution is 2.20. The fourth-order valence-corrected chi connectivity index (χ4v) is 2.55. The molecule has 3 N–H and O–H groups in total. The molecule has 1 aliphatic rings. The smallest absolute Gasteiger partial charge is 0.239 e. The fourth-order valence-electron chi connectivity index (χ4n) is 2.37. The average molecular weight is 325 g/mol. The van der Waals surface area contributed by atoms with Gasteiger partial charge >= 0.3 is 0 Å². The summed E-state index contributed by atoms with van der Waals surface area (Å²) in [5.74, 6) is -0.153. The zero-order valence-corrected chi connectivity index (χ0v) is 13.3. The third-order valence-corrected chi connectivity index (χ3v) is 3.92. The molecule has 1 fully saturated rings. The lowest BCUT2D eigenvalue weighted by Gasteiger charge is -2.35. The van der Waals surface area contributed by atoms with Gasteiger partial charge in [-0.1, -0.05) is 23.7 Å². The van der Waals surface area contributed by atoms with E-state index in [0.29, 0.717) is 36.9 Å². The number of amides is 2. The molecule has 0 bridgehead atoms. The Morgan fingerprint density at radius 1 is 1.27 bits per heavy atom. The van der Waals surface area contributed by atoms with Gasteiger partial charge in [0.05, 0.1) is 23.3 Å². The van der Waals surface area contributed by atoms with E-state index in [9.17, 15) is 9.59 Å². The van der Waals surface area contributed by atoms with Gasteiger partial charge in [-0.2, -0.15) is 0 Å². The number of piperazine rings is 1. The summed E-state index contributed by atoms with van der Waals surface area (Å²) < 4.78 is 0. The lowest BCUT2D eigenvalue weighted by atomic mass is 10.2. The lowest BCUT2D eigenvalue weighted by Crippen LogP contribution is -2.53. The van der Waals surface area contributed by atoms with Crippen LogP contribution in [-0.2, 0) is 9.59 Å². The SMILES string of the molecule is C[C@@H](N)C(=O)N1CCN(CC(=O)Nc2ccccc2Cl)CC1. The zero-order chi connectivity index (χ0) is 16.1. The van der Waals surface area contributed by atoms with Crippen molar-refractivity contribution in [2.45, 2.75) is 13.0 Å². The van der Waals surface area contributed by atoms with Gasteiger partial charge in [0, 0.05) is 26.2 Å². The molecule has 1 aliphatic heterocycles. The van der Waals surface area contributed by atoms with Crippen LogP contribution in [0.1, 0.15) is 6.92 Å². The van der Waals surface area contributed by atoms with Crippen molar-refractivity contribution < 1.29 is 9.59 Å². The van der Waals surface area contributed by atoms with E-state index in [1.807, 2.05) is 17.0 Å². The molecular formula is C15H21ClN4O2. The van der Waals surface area contributed by atoms with Gasteiger partial charge in [0.15, 0.2) is 0 Å². The molecule has 1 saturated heterocycles. The molecule has 0 aliphatic carbocycles. The molecule has 1 aromatic rings. The van der Waals surface area contributed by atoms with Gasteiger partial charge < -0.3 is 16.0 Å². The molecule has 1 heterocycles. The standard InChI is InChI=1S/C15H21ClN4O2/c1-11(17)15(22)20-8-6-19(7-9-20)10-14(21)18-13-5-3-2-4-12(13)16/h2-5,11H,6-10,17H2,1H3,(H,18,21)/t11-/m1/s1. The van der Waals surface area contributed by atoms with Crippen molar-refractivity contribution in [1.29, 1.82) is 0 Å². The maximum atomic E-state index is 12.0. The van der Waals surface area contributed by atoms with Gasteiger partial charge in [-0.3, -0.25) is 14.5 Å². The van der Waals surface area contributed by atoms with Crippen LogP contribution in [0.15, 0.2) is 24.3 Å². The number of nitrogens with one attached hydrogen (secondary N) is 1. The normalized spacial score (nSPS) is 17.1. The summed E-state index contributed by atoms with van der Waals surface area (Å²) in [6.07, 6.45) is 0. The third kappa shape index (κ3) is 4.43. The van der Waals surface area contributed by atoms with Gasteiger partial charge in [-0.05, 0) is 19.1 Å². The topological polar surface area (TPSA) is 78.7 Å². The second-order valence-electron chi connectivity index (χ2n) is 5.42. The van der Waals surface area contributed by atoms with Gasteiger partial charge in [-0.15, -0.1) is 0 Å². The molecule has 7 heteroatoms. The molecule has 2 amide bonds. The Labute approximate surface area is 135 Å². The van der Waals surface area contributed by atoms with E-state index in [1.54, 1.807) is 24.0 Å². The molecule has 0 radical (unpaired) electrons. The van der Waals surface area contributed by atoms with E-state index in [4.69, 9.17) is 17.3 Å². The Morgan fingerprint density at radius 2 is 1.91 bits per heavy atom. The number of carbonyl (C=O) groups is 2. The summed E-state index contributed by atoms with van der Waals surface area (Å²) in [4.78, 5) is 27.6. The second kappa shape index (κ2) is 7.58. The number of carbonyl (C=O) groups excluding carboxylic acids is 2. The van der Waals surface area contributed by atoms with Crippen molar-refractivity contribution in [1.82, 2.24) is 9.80 Å². The van der Waals surface area contributed by atoms with E-state index in [-0.39, 0.29) is 18.4 Å². The van der Waals surface area contributed by atoms with Crippen LogP contribution in [0.4, 0.5) is 5.69 Å². The Morgan fingerprint density at radius 3 is 2.50 bits per heavy atom. The highest BCUT2D eigenvalue weighted by molar-refractivity contribution is 6.33. The quantitative estimate of drug-likeness (QED) is 0.857. The van der Waals surface area contributed by atoms with Crippen LogP contribution in [-0.4, -0.2) is 60.4 Å². The van der Waals surface area contributed by atoms with Gasteiger partial charge in [0.2, 0.25) is 11.8 Å². The number of anilines is 1. The van der Waals surface area contributed by atoms with Crippen molar-refractivity contribution in [3.63, 3.8) is 0 Å². The minimum atomic E-state index is -0.477. The molecule has 0 spiro atoms. The number of para-hydroxylation sites is 1. The summed E-state index contributed by atoms with van der Waals surface area (Å²) in [7, 11) is 0. The average Bonchev–Trinajstić information content (AvgIpc) is 2.49. The van der Waals surface area contributed by atoms with Gasteiger partial charge in [0.1, 0.15) is 0 Å². The van der Waals surface area contributed by atoms with Crippen LogP contribution in [0.2, 0.25) is 5.02 Å². The molecular weight excluding hydrogens is 304 g/mol. The maximum Gasteiger partial charge on any atom is 0.239 e. The molecule has 2 rings (SSSR count). The van der Waals surface area contributed by atoms with Crippen molar-refractivity contribution >= 4 is 29.1 Å². The van der Waals surface area contributed by atoms with E-state index in [1.165, 1.54) is 0 Å². The largest absolute Gasteiger partial charge is 0.339 e. The second-order valence-corrected chi connectivity index (χ2v) is 5.83. The first-order valence-corrected chi connectivity index (χ1v) is 7.66. The molecule has 22 heavy (non-hydrogen) atoms. The van der Waals surface area contributed by atoms with Crippen molar-refractivity contribution in [3.05, 3.63) is 29.3 Å². The molecule has 0 aromatic heterocycles. The lowest BCUT2D eigenvalue weighted by molar-refractivity contribution is -0.134. The van der Waals surface area contributed by atoms with E-state index in [2.05, 4.69) is 5.32 Å². The van der Waals surface area contributed by atoms with Crippen molar-refractivity contribution in [2.75, 3.05) is 38.0 Å². The first-order chi connectivity index (χ1) is 10.5. The number of halogens is 1. The summed E-state index contributed by atoms with van der Waals surface area (Å²) >= 11 is 6.01. The van der Waals surface area contributed by atoms with Crippen LogP contribution in [0, 0.1) is 0 Å². The Bertz CT molecular complexity index is 542. The number of nitrogens with zero attached hydrogens (tertiary/aromatic N) is 2. The minimum absolute atomic E-state index is 0.0415. The molecule has 0 saturated carbocycles. The van der Waals surface area contributed by atoms with Crippen LogP contribution in [0.3, 0.4) is 0 Å². The van der Waals surface area contributed by atoms with E-state index >= 15 is 0 Å². The summed E-state index contributed by atoms with van der Waals surface area (Å²) in [6.45, 7) is 4.49. The number of hydrogen-bond donors (Lipinski definition) is 2. The summed E-state index contributed by atoms with van der Waals surface area (Å²) in [5, 5.41) is 3.31. The van der Waals surface area contributed by atoms with Crippen LogP contribution < -0.4 is 11.1 Å². The molecule has 1 atom stereocenters. The number of benzene rings is 1. The zero-order valence-electron chi connectivity index (χ0n) is 12.6. The van der Waals surface area contributed by atoms with Gasteiger partial charge in [-0.25, -0.2) is 0 Å². The monoisotopic (exact) mass is 324 g/mol. The Kier molecular flexibility index (Phi) is 5.76. The van der Waals surface area contributed by atoms with Crippen LogP contribution in [0.25, 0.3) is 0 Å². The fraction of sp³-hybridized carbons (Fsp3) is 0.467. The van der Waals surface area contributed by atoms with Gasteiger partial charge in [0.25, 0.3) is 0 Å². The summed E-state index contributed by atoms with van der Waals surface area (Å²) in [5.41, 5.74) is 6.21. The first kappa shape index (κ1) is 16.7. The van der Waals surface area contributed by atoms with E-state index < -0.39 is 6.04 Å². The van der Waals surface area contributed by atoms with Crippen LogP contribution in [0.5, 0.6) is 0 Å². The molecule has 0 unspecified atom stereocenters. The number of hydrogen-bond acceptors (Lipinski definition) is 4. The highest BCUT2D eigenvalue weighted by Gasteiger charge is 2.24. The maximum absolute atomic E-state index is 12.0. The first-order valence-electron chi connectivity index (χ1n) is 7.28. The third-order valence-electron chi connectivity index (χ3n) is 3.59. The van der Waals surface area contributed by atoms with E-state index in [0.717, 1.165) is 0 Å². The van der Waals surface area contributed by atoms with Crippen molar-refractivity contribution in [2.24, 2.45) is 5.73 Å². The Hall–Kier alpha value is -1.63. The number of rotatable bonds is 4. The molecule has 1 aromatic carbocycles. The predicted molar refractivity (Wildman–Crippen MR) is 86.8 cm³/mol. The van der Waals surface area contributed by atoms with Crippen LogP contribution >= 0.6 is 11.6 Å².